The molecule has 0 atom stereocenters. The SMILES string of the molecule is CC(=O)Nc1cccc(-c2nn3c(c2C(N)=O)CN(C(=O)Nc2ccc(C#N)cc2)CC3)c1. The van der Waals surface area contributed by atoms with Crippen molar-refractivity contribution in [2.24, 2.45) is 5.73 Å². The molecule has 4 rings (SSSR count). The van der Waals surface area contributed by atoms with Crippen molar-refractivity contribution >= 4 is 29.2 Å². The summed E-state index contributed by atoms with van der Waals surface area (Å²) < 4.78 is 1.69. The first kappa shape index (κ1) is 21.6. The number of nitrogens with zero attached hydrogens (tertiary/aromatic N) is 4. The number of amides is 4. The van der Waals surface area contributed by atoms with Crippen molar-refractivity contribution in [3.63, 3.8) is 0 Å². The van der Waals surface area contributed by atoms with Gasteiger partial charge in [0.15, 0.2) is 0 Å². The van der Waals surface area contributed by atoms with Crippen LogP contribution in [0.3, 0.4) is 0 Å². The molecule has 2 heterocycles. The van der Waals surface area contributed by atoms with Gasteiger partial charge < -0.3 is 21.3 Å². The van der Waals surface area contributed by atoms with Crippen LogP contribution in [0, 0.1) is 11.3 Å². The maximum Gasteiger partial charge on any atom is 0.322 e. The Balaban J connectivity index is 1.60. The highest BCUT2D eigenvalue weighted by atomic mass is 16.2. The number of nitrogens with one attached hydrogen (secondary N) is 2. The van der Waals surface area contributed by atoms with E-state index in [0.29, 0.717) is 47.0 Å². The molecule has 4 N–H and O–H groups in total. The van der Waals surface area contributed by atoms with Crippen molar-refractivity contribution in [1.29, 1.82) is 5.26 Å². The number of carbonyl (C=O) groups is 3. The summed E-state index contributed by atoms with van der Waals surface area (Å²) in [5.74, 6) is -0.860. The molecule has 1 aliphatic rings. The molecule has 0 saturated carbocycles. The average molecular weight is 443 g/mol. The fourth-order valence-electron chi connectivity index (χ4n) is 3.73. The van der Waals surface area contributed by atoms with E-state index in [0.717, 1.165) is 0 Å². The lowest BCUT2D eigenvalue weighted by Crippen LogP contribution is -2.41. The number of hydrogen-bond acceptors (Lipinski definition) is 5. The Bertz CT molecular complexity index is 1290. The number of rotatable bonds is 4. The van der Waals surface area contributed by atoms with E-state index in [9.17, 15) is 14.4 Å². The number of nitriles is 1. The lowest BCUT2D eigenvalue weighted by atomic mass is 10.0. The van der Waals surface area contributed by atoms with E-state index in [4.69, 9.17) is 11.0 Å². The lowest BCUT2D eigenvalue weighted by molar-refractivity contribution is -0.114. The zero-order valence-electron chi connectivity index (χ0n) is 17.8. The first-order valence-electron chi connectivity index (χ1n) is 10.2. The summed E-state index contributed by atoms with van der Waals surface area (Å²) in [7, 11) is 0. The number of carbonyl (C=O) groups excluding carboxylic acids is 3. The Hall–Kier alpha value is -4.65. The van der Waals surface area contributed by atoms with Crippen LogP contribution in [0.1, 0.15) is 28.5 Å². The van der Waals surface area contributed by atoms with Crippen molar-refractivity contribution in [1.82, 2.24) is 14.7 Å². The minimum atomic E-state index is -0.648. The van der Waals surface area contributed by atoms with Crippen molar-refractivity contribution < 1.29 is 14.4 Å². The topological polar surface area (TPSA) is 146 Å². The van der Waals surface area contributed by atoms with Crippen LogP contribution in [-0.2, 0) is 17.9 Å². The van der Waals surface area contributed by atoms with Gasteiger partial charge in [-0.2, -0.15) is 10.4 Å². The average Bonchev–Trinajstić information content (AvgIpc) is 3.18. The van der Waals surface area contributed by atoms with Gasteiger partial charge in [0.05, 0.1) is 36.0 Å². The number of nitrogens with two attached hydrogens (primary N) is 1. The van der Waals surface area contributed by atoms with Crippen LogP contribution in [0.15, 0.2) is 48.5 Å². The second kappa shape index (κ2) is 8.84. The summed E-state index contributed by atoms with van der Waals surface area (Å²) in [5.41, 5.74) is 9.15. The summed E-state index contributed by atoms with van der Waals surface area (Å²) in [6, 6.07) is 15.2. The van der Waals surface area contributed by atoms with E-state index in [1.54, 1.807) is 58.1 Å². The maximum absolute atomic E-state index is 12.8. The van der Waals surface area contributed by atoms with Gasteiger partial charge in [0.2, 0.25) is 5.91 Å². The third kappa shape index (κ3) is 4.52. The third-order valence-electron chi connectivity index (χ3n) is 5.24. The number of aromatic nitrogens is 2. The summed E-state index contributed by atoms with van der Waals surface area (Å²) in [4.78, 5) is 38.1. The van der Waals surface area contributed by atoms with Gasteiger partial charge in [0, 0.05) is 30.4 Å². The van der Waals surface area contributed by atoms with E-state index in [-0.39, 0.29) is 24.0 Å². The number of primary amides is 1. The highest BCUT2D eigenvalue weighted by Crippen LogP contribution is 2.30. The predicted molar refractivity (Wildman–Crippen MR) is 121 cm³/mol. The molecule has 1 aromatic heterocycles. The molecule has 3 aromatic rings. The van der Waals surface area contributed by atoms with Crippen LogP contribution in [0.2, 0.25) is 0 Å². The van der Waals surface area contributed by atoms with Gasteiger partial charge in [-0.25, -0.2) is 4.79 Å². The summed E-state index contributed by atoms with van der Waals surface area (Å²) >= 11 is 0. The van der Waals surface area contributed by atoms with Crippen LogP contribution < -0.4 is 16.4 Å². The molecule has 10 nitrogen and oxygen atoms in total. The summed E-state index contributed by atoms with van der Waals surface area (Å²) in [6.45, 7) is 2.34. The fourth-order valence-corrected chi connectivity index (χ4v) is 3.73. The number of fused-ring (bicyclic) bond motifs is 1. The summed E-state index contributed by atoms with van der Waals surface area (Å²) in [6.07, 6.45) is 0. The monoisotopic (exact) mass is 443 g/mol. The number of anilines is 2. The van der Waals surface area contributed by atoms with Crippen LogP contribution in [0.5, 0.6) is 0 Å². The minimum Gasteiger partial charge on any atom is -0.365 e. The molecule has 0 spiro atoms. The van der Waals surface area contributed by atoms with E-state index >= 15 is 0 Å². The molecule has 0 aliphatic carbocycles. The van der Waals surface area contributed by atoms with Gasteiger partial charge in [-0.3, -0.25) is 14.3 Å². The first-order chi connectivity index (χ1) is 15.9. The minimum absolute atomic E-state index is 0.152. The fraction of sp³-hybridized carbons (Fsp3) is 0.174. The Morgan fingerprint density at radius 2 is 1.82 bits per heavy atom. The van der Waals surface area contributed by atoms with Crippen molar-refractivity contribution in [3.8, 4) is 17.3 Å². The normalized spacial score (nSPS) is 12.4. The zero-order chi connectivity index (χ0) is 23.5. The molecular weight excluding hydrogens is 422 g/mol. The van der Waals surface area contributed by atoms with Crippen molar-refractivity contribution in [2.45, 2.75) is 20.0 Å². The van der Waals surface area contributed by atoms with Gasteiger partial charge in [0.25, 0.3) is 5.91 Å². The highest BCUT2D eigenvalue weighted by Gasteiger charge is 2.29. The number of hydrogen-bond donors (Lipinski definition) is 3. The zero-order valence-corrected chi connectivity index (χ0v) is 17.8. The van der Waals surface area contributed by atoms with Gasteiger partial charge in [-0.1, -0.05) is 12.1 Å². The van der Waals surface area contributed by atoms with Gasteiger partial charge in [-0.15, -0.1) is 0 Å². The molecule has 166 valence electrons. The van der Waals surface area contributed by atoms with Crippen LogP contribution in [0.25, 0.3) is 11.3 Å². The van der Waals surface area contributed by atoms with Gasteiger partial charge in [0.1, 0.15) is 5.69 Å². The Labute approximate surface area is 189 Å². The Kier molecular flexibility index (Phi) is 5.78. The molecule has 0 bridgehead atoms. The second-order valence-electron chi connectivity index (χ2n) is 7.56. The molecule has 0 fully saturated rings. The standard InChI is InChI=1S/C23H21N7O3/c1-14(31)26-18-4-2-3-16(11-18)21-20(22(25)32)19-13-29(9-10-30(19)28-21)23(33)27-17-7-5-15(12-24)6-8-17/h2-8,11H,9-10,13H2,1H3,(H2,25,32)(H,26,31)(H,27,33). The van der Waals surface area contributed by atoms with Crippen LogP contribution >= 0.6 is 0 Å². The third-order valence-corrected chi connectivity index (χ3v) is 5.24. The number of benzene rings is 2. The molecule has 0 saturated heterocycles. The van der Waals surface area contributed by atoms with Gasteiger partial charge >= 0.3 is 6.03 Å². The Morgan fingerprint density at radius 3 is 2.48 bits per heavy atom. The van der Waals surface area contributed by atoms with E-state index < -0.39 is 5.91 Å². The maximum atomic E-state index is 12.8. The molecule has 4 amide bonds. The van der Waals surface area contributed by atoms with Crippen LogP contribution in [0.4, 0.5) is 16.2 Å². The van der Waals surface area contributed by atoms with Crippen molar-refractivity contribution in [3.05, 3.63) is 65.4 Å². The summed E-state index contributed by atoms with van der Waals surface area (Å²) in [5, 5.41) is 19.0. The second-order valence-corrected chi connectivity index (χ2v) is 7.56. The van der Waals surface area contributed by atoms with Crippen LogP contribution in [-0.4, -0.2) is 39.1 Å². The predicted octanol–water partition coefficient (Wildman–Crippen LogP) is 2.53. The van der Waals surface area contributed by atoms with E-state index in [2.05, 4.69) is 15.7 Å². The molecular formula is C23H21N7O3. The smallest absolute Gasteiger partial charge is 0.322 e. The quantitative estimate of drug-likeness (QED) is 0.567. The molecule has 0 radical (unpaired) electrons. The molecule has 10 heteroatoms. The molecule has 33 heavy (non-hydrogen) atoms. The van der Waals surface area contributed by atoms with E-state index in [1.165, 1.54) is 6.92 Å². The molecule has 2 aromatic carbocycles. The highest BCUT2D eigenvalue weighted by molar-refractivity contribution is 6.01. The largest absolute Gasteiger partial charge is 0.365 e. The Morgan fingerprint density at radius 1 is 1.06 bits per heavy atom. The van der Waals surface area contributed by atoms with Crippen molar-refractivity contribution in [2.75, 3.05) is 17.2 Å². The number of urea groups is 1. The lowest BCUT2D eigenvalue weighted by Gasteiger charge is -2.28. The first-order valence-corrected chi connectivity index (χ1v) is 10.2. The van der Waals surface area contributed by atoms with Gasteiger partial charge in [-0.05, 0) is 36.4 Å². The molecule has 0 unspecified atom stereocenters. The molecule has 1 aliphatic heterocycles. The van der Waals surface area contributed by atoms with E-state index in [1.807, 2.05) is 6.07 Å².